The van der Waals surface area contributed by atoms with Crippen LogP contribution in [0.2, 0.25) is 8.67 Å². The maximum atomic E-state index is 12.0. The number of hydrogen-bond donors (Lipinski definition) is 0. The van der Waals surface area contributed by atoms with Gasteiger partial charge >= 0.3 is 0 Å². The molecule has 110 valence electrons. The summed E-state index contributed by atoms with van der Waals surface area (Å²) in [5, 5.41) is 0. The third-order valence-corrected chi connectivity index (χ3v) is 4.19. The predicted molar refractivity (Wildman–Crippen MR) is 85.0 cm³/mol. The minimum atomic E-state index is -0.226. The monoisotopic (exact) mass is 342 g/mol. The van der Waals surface area contributed by atoms with Crippen LogP contribution in [-0.4, -0.2) is 18.2 Å². The topological polar surface area (TPSA) is 43.4 Å². The summed E-state index contributed by atoms with van der Waals surface area (Å²) >= 11 is 12.9. The summed E-state index contributed by atoms with van der Waals surface area (Å²) in [5.74, 6) is 0.437. The number of thiophene rings is 1. The summed E-state index contributed by atoms with van der Waals surface area (Å²) in [7, 11) is 0. The van der Waals surface area contributed by atoms with Crippen molar-refractivity contribution in [3.63, 3.8) is 0 Å². The van der Waals surface area contributed by atoms with Crippen molar-refractivity contribution >= 4 is 46.1 Å². The van der Waals surface area contributed by atoms with E-state index in [9.17, 15) is 9.59 Å². The summed E-state index contributed by atoms with van der Waals surface area (Å²) in [6.45, 7) is 1.43. The van der Waals surface area contributed by atoms with Crippen LogP contribution in [0.4, 0.5) is 0 Å². The van der Waals surface area contributed by atoms with E-state index in [1.54, 1.807) is 31.2 Å². The highest BCUT2D eigenvalue weighted by Gasteiger charge is 2.14. The van der Waals surface area contributed by atoms with E-state index >= 15 is 0 Å². The molecule has 0 saturated heterocycles. The van der Waals surface area contributed by atoms with Crippen molar-refractivity contribution in [2.24, 2.45) is 0 Å². The zero-order chi connectivity index (χ0) is 15.4. The summed E-state index contributed by atoms with van der Waals surface area (Å²) < 4.78 is 6.25. The second-order valence-electron chi connectivity index (χ2n) is 4.47. The van der Waals surface area contributed by atoms with E-state index in [4.69, 9.17) is 27.9 Å². The SMILES string of the molecule is CC(=O)Cc1ccc(OCC(=O)c2cc(Cl)sc2Cl)cc1. The van der Waals surface area contributed by atoms with E-state index in [-0.39, 0.29) is 18.2 Å². The van der Waals surface area contributed by atoms with Crippen molar-refractivity contribution in [2.75, 3.05) is 6.61 Å². The second-order valence-corrected chi connectivity index (χ2v) is 6.76. The molecule has 0 radical (unpaired) electrons. The number of rotatable bonds is 6. The fraction of sp³-hybridized carbons (Fsp3) is 0.200. The van der Waals surface area contributed by atoms with Gasteiger partial charge in [-0.05, 0) is 30.7 Å². The van der Waals surface area contributed by atoms with Gasteiger partial charge in [-0.3, -0.25) is 9.59 Å². The molecule has 6 heteroatoms. The van der Waals surface area contributed by atoms with E-state index in [1.807, 2.05) is 0 Å². The second kappa shape index (κ2) is 7.07. The smallest absolute Gasteiger partial charge is 0.202 e. The van der Waals surface area contributed by atoms with Crippen LogP contribution in [0.3, 0.4) is 0 Å². The zero-order valence-electron chi connectivity index (χ0n) is 11.2. The molecule has 1 aromatic heterocycles. The van der Waals surface area contributed by atoms with Crippen LogP contribution in [0, 0.1) is 0 Å². The highest BCUT2D eigenvalue weighted by molar-refractivity contribution is 7.20. The van der Waals surface area contributed by atoms with Gasteiger partial charge in [-0.25, -0.2) is 0 Å². The highest BCUT2D eigenvalue weighted by atomic mass is 35.5. The molecule has 0 aliphatic carbocycles. The molecule has 0 spiro atoms. The van der Waals surface area contributed by atoms with Crippen LogP contribution in [0.1, 0.15) is 22.8 Å². The van der Waals surface area contributed by atoms with E-state index in [0.29, 0.717) is 26.4 Å². The van der Waals surface area contributed by atoms with Gasteiger partial charge in [0.15, 0.2) is 6.61 Å². The first-order valence-corrected chi connectivity index (χ1v) is 7.72. The molecule has 3 nitrogen and oxygen atoms in total. The summed E-state index contributed by atoms with van der Waals surface area (Å²) in [5.41, 5.74) is 1.29. The molecule has 0 amide bonds. The van der Waals surface area contributed by atoms with E-state index in [2.05, 4.69) is 0 Å². The molecular weight excluding hydrogens is 331 g/mol. The standard InChI is InChI=1S/C15H12Cl2O3S/c1-9(18)6-10-2-4-11(5-3-10)20-8-13(19)12-7-14(16)21-15(12)17/h2-5,7H,6,8H2,1H3. The maximum Gasteiger partial charge on any atom is 0.202 e. The van der Waals surface area contributed by atoms with Crippen molar-refractivity contribution < 1.29 is 14.3 Å². The number of halogens is 2. The Morgan fingerprint density at radius 2 is 1.86 bits per heavy atom. The number of hydrogen-bond acceptors (Lipinski definition) is 4. The van der Waals surface area contributed by atoms with E-state index in [0.717, 1.165) is 16.9 Å². The first-order chi connectivity index (χ1) is 9.95. The molecule has 0 saturated carbocycles. The third-order valence-electron chi connectivity index (χ3n) is 2.70. The zero-order valence-corrected chi connectivity index (χ0v) is 13.5. The molecule has 0 bridgehead atoms. The Kier molecular flexibility index (Phi) is 5.39. The molecule has 0 N–H and O–H groups in total. The van der Waals surface area contributed by atoms with Crippen LogP contribution >= 0.6 is 34.5 Å². The summed E-state index contributed by atoms with van der Waals surface area (Å²) in [4.78, 5) is 23.0. The molecule has 2 aromatic rings. The van der Waals surface area contributed by atoms with E-state index < -0.39 is 0 Å². The van der Waals surface area contributed by atoms with Crippen LogP contribution < -0.4 is 4.74 Å². The lowest BCUT2D eigenvalue weighted by Crippen LogP contribution is -2.11. The van der Waals surface area contributed by atoms with Gasteiger partial charge in [-0.2, -0.15) is 0 Å². The lowest BCUT2D eigenvalue weighted by Gasteiger charge is -2.06. The van der Waals surface area contributed by atoms with Gasteiger partial charge in [-0.1, -0.05) is 35.3 Å². The average molecular weight is 343 g/mol. The van der Waals surface area contributed by atoms with Gasteiger partial charge < -0.3 is 4.74 Å². The Hall–Kier alpha value is -1.36. The van der Waals surface area contributed by atoms with Gasteiger partial charge in [0.2, 0.25) is 5.78 Å². The Bertz CT molecular complexity index is 662. The van der Waals surface area contributed by atoms with Gasteiger partial charge in [0, 0.05) is 6.42 Å². The number of benzene rings is 1. The van der Waals surface area contributed by atoms with E-state index in [1.165, 1.54) is 6.07 Å². The summed E-state index contributed by atoms with van der Waals surface area (Å²) in [6, 6.07) is 8.60. The predicted octanol–water partition coefficient (Wildman–Crippen LogP) is 4.45. The highest BCUT2D eigenvalue weighted by Crippen LogP contribution is 2.31. The molecule has 2 rings (SSSR count). The fourth-order valence-electron chi connectivity index (χ4n) is 1.75. The van der Waals surface area contributed by atoms with Crippen molar-refractivity contribution in [1.82, 2.24) is 0 Å². The van der Waals surface area contributed by atoms with Crippen molar-refractivity contribution in [3.05, 3.63) is 50.1 Å². The van der Waals surface area contributed by atoms with Crippen LogP contribution in [-0.2, 0) is 11.2 Å². The number of ketones is 2. The lowest BCUT2D eigenvalue weighted by atomic mass is 10.1. The number of ether oxygens (including phenoxy) is 1. The molecule has 1 heterocycles. The maximum absolute atomic E-state index is 12.0. The quantitative estimate of drug-likeness (QED) is 0.728. The molecule has 0 aliphatic rings. The van der Waals surface area contributed by atoms with Crippen LogP contribution in [0.25, 0.3) is 0 Å². The molecule has 0 atom stereocenters. The van der Waals surface area contributed by atoms with Crippen molar-refractivity contribution in [1.29, 1.82) is 0 Å². The molecule has 0 unspecified atom stereocenters. The van der Waals surface area contributed by atoms with Crippen LogP contribution in [0.5, 0.6) is 5.75 Å². The Balaban J connectivity index is 1.95. The number of carbonyl (C=O) groups excluding carboxylic acids is 2. The largest absolute Gasteiger partial charge is 0.485 e. The molecule has 0 aliphatic heterocycles. The molecule has 21 heavy (non-hydrogen) atoms. The fourth-order valence-corrected chi connectivity index (χ4v) is 3.25. The molecular formula is C15H12Cl2O3S. The minimum Gasteiger partial charge on any atom is -0.485 e. The average Bonchev–Trinajstić information content (AvgIpc) is 2.76. The Morgan fingerprint density at radius 1 is 1.19 bits per heavy atom. The molecule has 0 fully saturated rings. The first-order valence-electron chi connectivity index (χ1n) is 6.15. The van der Waals surface area contributed by atoms with Gasteiger partial charge in [0.1, 0.15) is 15.9 Å². The van der Waals surface area contributed by atoms with Gasteiger partial charge in [-0.15, -0.1) is 11.3 Å². The van der Waals surface area contributed by atoms with Crippen molar-refractivity contribution in [3.8, 4) is 5.75 Å². The van der Waals surface area contributed by atoms with Crippen molar-refractivity contribution in [2.45, 2.75) is 13.3 Å². The number of carbonyl (C=O) groups is 2. The lowest BCUT2D eigenvalue weighted by molar-refractivity contribution is -0.116. The number of Topliss-reactive ketones (excluding diaryl/α,β-unsaturated/α-hetero) is 2. The normalized spacial score (nSPS) is 10.4. The Labute approximate surface area is 136 Å². The summed E-state index contributed by atoms with van der Waals surface area (Å²) in [6.07, 6.45) is 0.391. The third kappa shape index (κ3) is 4.56. The first kappa shape index (κ1) is 16.0. The molecule has 1 aromatic carbocycles. The van der Waals surface area contributed by atoms with Crippen LogP contribution in [0.15, 0.2) is 30.3 Å². The minimum absolute atomic E-state index is 0.0998. The Morgan fingerprint density at radius 3 is 2.38 bits per heavy atom. The van der Waals surface area contributed by atoms with Gasteiger partial charge in [0.05, 0.1) is 9.90 Å². The van der Waals surface area contributed by atoms with Gasteiger partial charge in [0.25, 0.3) is 0 Å².